The maximum absolute atomic E-state index is 11.5. The molecule has 4 aliphatic rings. The van der Waals surface area contributed by atoms with Crippen LogP contribution < -0.4 is 0 Å². The minimum Gasteiger partial charge on any atom is -0.458 e. The Hall–Kier alpha value is -0.790. The molecule has 0 aromatic rings. The van der Waals surface area contributed by atoms with E-state index in [1.54, 1.807) is 0 Å². The third kappa shape index (κ3) is 1.64. The van der Waals surface area contributed by atoms with Crippen LogP contribution in [0.5, 0.6) is 0 Å². The van der Waals surface area contributed by atoms with E-state index in [4.69, 9.17) is 4.74 Å². The molecular weight excluding hydrogens is 212 g/mol. The molecule has 17 heavy (non-hydrogen) atoms. The van der Waals surface area contributed by atoms with E-state index >= 15 is 0 Å². The molecule has 4 bridgehead atoms. The molecular formula is C15H22O2. The monoisotopic (exact) mass is 234 g/mol. The van der Waals surface area contributed by atoms with Crippen LogP contribution >= 0.6 is 0 Å². The van der Waals surface area contributed by atoms with Crippen LogP contribution in [0.15, 0.2) is 12.7 Å². The summed E-state index contributed by atoms with van der Waals surface area (Å²) in [5, 5.41) is 0. The molecule has 4 fully saturated rings. The highest BCUT2D eigenvalue weighted by atomic mass is 16.5. The Morgan fingerprint density at radius 3 is 2.71 bits per heavy atom. The Morgan fingerprint density at radius 2 is 2.12 bits per heavy atom. The van der Waals surface area contributed by atoms with Gasteiger partial charge in [-0.25, -0.2) is 4.79 Å². The summed E-state index contributed by atoms with van der Waals surface area (Å²) in [5.41, 5.74) is 0.731. The average Bonchev–Trinajstić information content (AvgIpc) is 2.20. The van der Waals surface area contributed by atoms with Gasteiger partial charge in [-0.1, -0.05) is 20.4 Å². The first-order valence-corrected chi connectivity index (χ1v) is 6.77. The molecule has 0 heterocycles. The van der Waals surface area contributed by atoms with Gasteiger partial charge in [-0.15, -0.1) is 0 Å². The molecule has 2 heteroatoms. The lowest BCUT2D eigenvalue weighted by Gasteiger charge is -2.63. The predicted octanol–water partition coefficient (Wildman–Crippen LogP) is 3.32. The van der Waals surface area contributed by atoms with Crippen molar-refractivity contribution in [2.24, 2.45) is 22.7 Å². The van der Waals surface area contributed by atoms with E-state index in [9.17, 15) is 4.79 Å². The third-order valence-corrected chi connectivity index (χ3v) is 5.28. The van der Waals surface area contributed by atoms with Crippen LogP contribution in [0.25, 0.3) is 0 Å². The average molecular weight is 234 g/mol. The smallest absolute Gasteiger partial charge is 0.330 e. The van der Waals surface area contributed by atoms with Gasteiger partial charge in [0.05, 0.1) is 0 Å². The van der Waals surface area contributed by atoms with Crippen LogP contribution in [0.3, 0.4) is 0 Å². The van der Waals surface area contributed by atoms with Crippen molar-refractivity contribution in [2.45, 2.75) is 52.1 Å². The molecule has 0 saturated heterocycles. The number of carbonyl (C=O) groups excluding carboxylic acids is 1. The van der Waals surface area contributed by atoms with E-state index in [-0.39, 0.29) is 17.5 Å². The van der Waals surface area contributed by atoms with Gasteiger partial charge in [0.15, 0.2) is 0 Å². The molecule has 4 aliphatic carbocycles. The van der Waals surface area contributed by atoms with Crippen LogP contribution in [0.2, 0.25) is 0 Å². The summed E-state index contributed by atoms with van der Waals surface area (Å²) in [7, 11) is 0. The summed E-state index contributed by atoms with van der Waals surface area (Å²) in [6, 6.07) is 0. The van der Waals surface area contributed by atoms with Gasteiger partial charge >= 0.3 is 5.97 Å². The molecule has 2 nitrogen and oxygen atoms in total. The van der Waals surface area contributed by atoms with E-state index in [2.05, 4.69) is 20.4 Å². The Balaban J connectivity index is 1.87. The van der Waals surface area contributed by atoms with Crippen molar-refractivity contribution in [3.8, 4) is 0 Å². The molecule has 4 rings (SSSR count). The minimum atomic E-state index is -0.242. The fourth-order valence-corrected chi connectivity index (χ4v) is 5.44. The third-order valence-electron chi connectivity index (χ3n) is 5.28. The van der Waals surface area contributed by atoms with Crippen molar-refractivity contribution >= 4 is 5.97 Å². The van der Waals surface area contributed by atoms with E-state index in [1.807, 2.05) is 0 Å². The fraction of sp³-hybridized carbons (Fsp3) is 0.800. The second kappa shape index (κ2) is 3.37. The molecule has 0 aromatic heterocycles. The van der Waals surface area contributed by atoms with Crippen molar-refractivity contribution in [2.75, 3.05) is 0 Å². The highest BCUT2D eigenvalue weighted by Gasteiger charge is 2.60. The van der Waals surface area contributed by atoms with Gasteiger partial charge in [-0.3, -0.25) is 0 Å². The largest absolute Gasteiger partial charge is 0.458 e. The zero-order valence-corrected chi connectivity index (χ0v) is 10.9. The van der Waals surface area contributed by atoms with Gasteiger partial charge in [-0.2, -0.15) is 0 Å². The number of esters is 1. The minimum absolute atomic E-state index is 0.137. The quantitative estimate of drug-likeness (QED) is 0.541. The Labute approximate surface area is 103 Å². The van der Waals surface area contributed by atoms with Gasteiger partial charge in [0.2, 0.25) is 0 Å². The topological polar surface area (TPSA) is 26.3 Å². The fourth-order valence-electron chi connectivity index (χ4n) is 5.44. The SMILES string of the molecule is C=CC(=O)OC1C2CC3CC(C)(C2)CC1(C)C3. The molecule has 0 N–H and O–H groups in total. The molecule has 0 spiro atoms. The van der Waals surface area contributed by atoms with Crippen molar-refractivity contribution < 1.29 is 9.53 Å². The van der Waals surface area contributed by atoms with E-state index in [0.717, 1.165) is 5.92 Å². The van der Waals surface area contributed by atoms with Gasteiger partial charge < -0.3 is 4.74 Å². The first-order chi connectivity index (χ1) is 7.94. The summed E-state index contributed by atoms with van der Waals surface area (Å²) < 4.78 is 5.67. The van der Waals surface area contributed by atoms with E-state index in [1.165, 1.54) is 38.2 Å². The van der Waals surface area contributed by atoms with Crippen LogP contribution in [-0.4, -0.2) is 12.1 Å². The Bertz CT molecular complexity index is 375. The highest BCUT2D eigenvalue weighted by molar-refractivity contribution is 5.81. The van der Waals surface area contributed by atoms with Gasteiger partial charge in [-0.05, 0) is 49.4 Å². The predicted molar refractivity (Wildman–Crippen MR) is 66.4 cm³/mol. The number of carbonyl (C=O) groups is 1. The zero-order valence-electron chi connectivity index (χ0n) is 10.9. The lowest BCUT2D eigenvalue weighted by molar-refractivity contribution is -0.200. The molecule has 5 atom stereocenters. The maximum atomic E-state index is 11.5. The van der Waals surface area contributed by atoms with Crippen molar-refractivity contribution in [1.82, 2.24) is 0 Å². The lowest BCUT2D eigenvalue weighted by Crippen LogP contribution is -2.59. The molecule has 5 unspecified atom stereocenters. The number of hydrogen-bond acceptors (Lipinski definition) is 2. The first-order valence-electron chi connectivity index (χ1n) is 6.77. The van der Waals surface area contributed by atoms with Crippen molar-refractivity contribution in [3.05, 3.63) is 12.7 Å². The molecule has 0 aromatic carbocycles. The normalized spacial score (nSPS) is 51.3. The lowest BCUT2D eigenvalue weighted by atomic mass is 9.44. The molecule has 0 radical (unpaired) electrons. The van der Waals surface area contributed by atoms with Crippen LogP contribution in [0, 0.1) is 22.7 Å². The number of rotatable bonds is 2. The molecule has 0 amide bonds. The van der Waals surface area contributed by atoms with Gasteiger partial charge in [0.1, 0.15) is 6.10 Å². The van der Waals surface area contributed by atoms with Crippen molar-refractivity contribution in [1.29, 1.82) is 0 Å². The molecule has 4 saturated carbocycles. The summed E-state index contributed by atoms with van der Waals surface area (Å²) in [5.74, 6) is 1.22. The summed E-state index contributed by atoms with van der Waals surface area (Å²) in [4.78, 5) is 11.5. The van der Waals surface area contributed by atoms with Crippen molar-refractivity contribution in [3.63, 3.8) is 0 Å². The highest BCUT2D eigenvalue weighted by Crippen LogP contribution is 2.65. The summed E-state index contributed by atoms with van der Waals surface area (Å²) in [6.07, 6.45) is 7.81. The zero-order chi connectivity index (χ0) is 12.3. The van der Waals surface area contributed by atoms with Crippen LogP contribution in [0.1, 0.15) is 46.0 Å². The standard InChI is InChI=1S/C15H22O2/c1-4-12(16)17-13-11-5-10-6-14(2,8-11)9-15(13,3)7-10/h4,10-11,13H,1,5-9H2,2-3H3. The first kappa shape index (κ1) is 11.3. The second-order valence-electron chi connectivity index (χ2n) is 7.18. The Kier molecular flexibility index (Phi) is 2.24. The van der Waals surface area contributed by atoms with Crippen LogP contribution in [-0.2, 0) is 9.53 Å². The number of ether oxygens (including phenoxy) is 1. The van der Waals surface area contributed by atoms with E-state index < -0.39 is 0 Å². The molecule has 94 valence electrons. The van der Waals surface area contributed by atoms with Gasteiger partial charge in [0.25, 0.3) is 0 Å². The Morgan fingerprint density at radius 1 is 1.35 bits per heavy atom. The second-order valence-corrected chi connectivity index (χ2v) is 7.18. The van der Waals surface area contributed by atoms with E-state index in [0.29, 0.717) is 11.3 Å². The summed E-state index contributed by atoms with van der Waals surface area (Å²) >= 11 is 0. The molecule has 0 aliphatic heterocycles. The summed E-state index contributed by atoms with van der Waals surface area (Å²) in [6.45, 7) is 8.25. The number of hydrogen-bond donors (Lipinski definition) is 0. The maximum Gasteiger partial charge on any atom is 0.330 e. The van der Waals surface area contributed by atoms with Gasteiger partial charge in [0, 0.05) is 11.5 Å². The van der Waals surface area contributed by atoms with Crippen LogP contribution in [0.4, 0.5) is 0 Å².